The average Bonchev–Trinajstić information content (AvgIpc) is 3.07. The number of carbonyl (C=O) groups is 1. The van der Waals surface area contributed by atoms with Crippen molar-refractivity contribution >= 4 is 6.03 Å². The largest absolute Gasteiger partial charge is 0.331 e. The zero-order valence-corrected chi connectivity index (χ0v) is 11.3. The first kappa shape index (κ1) is 12.7. The van der Waals surface area contributed by atoms with E-state index >= 15 is 0 Å². The minimum atomic E-state index is 0.154. The van der Waals surface area contributed by atoms with Gasteiger partial charge in [0.1, 0.15) is 0 Å². The predicted octanol–water partition coefficient (Wildman–Crippen LogP) is 1.52. The molecule has 2 atom stereocenters. The van der Waals surface area contributed by atoms with E-state index in [4.69, 9.17) is 0 Å². The lowest BCUT2D eigenvalue weighted by atomic mass is 10.1. The molecule has 1 heterocycles. The molecule has 0 aromatic heterocycles. The Bertz CT molecular complexity index is 272. The van der Waals surface area contributed by atoms with Gasteiger partial charge in [0, 0.05) is 39.3 Å². The topological polar surface area (TPSA) is 35.6 Å². The predicted molar refractivity (Wildman–Crippen MR) is 69.0 cm³/mol. The van der Waals surface area contributed by atoms with Crippen LogP contribution in [0.25, 0.3) is 0 Å². The van der Waals surface area contributed by atoms with E-state index in [1.807, 2.05) is 19.0 Å². The van der Waals surface area contributed by atoms with Gasteiger partial charge in [0.25, 0.3) is 0 Å². The van der Waals surface area contributed by atoms with Crippen molar-refractivity contribution in [3.63, 3.8) is 0 Å². The quantitative estimate of drug-likeness (QED) is 0.810. The summed E-state index contributed by atoms with van der Waals surface area (Å²) in [6.07, 6.45) is 4.86. The van der Waals surface area contributed by atoms with Gasteiger partial charge in [0.05, 0.1) is 0 Å². The average molecular weight is 239 g/mol. The van der Waals surface area contributed by atoms with Crippen LogP contribution in [0.1, 0.15) is 32.6 Å². The molecule has 0 aromatic carbocycles. The second kappa shape index (κ2) is 5.25. The lowest BCUT2D eigenvalue weighted by molar-refractivity contribution is 0.152. The van der Waals surface area contributed by atoms with Crippen LogP contribution in [0.2, 0.25) is 0 Å². The van der Waals surface area contributed by atoms with Crippen molar-refractivity contribution < 1.29 is 4.79 Å². The van der Waals surface area contributed by atoms with E-state index in [2.05, 4.69) is 12.2 Å². The number of nitrogens with zero attached hydrogens (tertiary/aromatic N) is 2. The molecule has 0 aromatic rings. The van der Waals surface area contributed by atoms with E-state index in [9.17, 15) is 4.79 Å². The summed E-state index contributed by atoms with van der Waals surface area (Å²) in [5, 5.41) is 3.73. The van der Waals surface area contributed by atoms with Gasteiger partial charge in [-0.3, -0.25) is 0 Å². The van der Waals surface area contributed by atoms with Crippen molar-refractivity contribution in [1.82, 2.24) is 15.1 Å². The van der Waals surface area contributed by atoms with E-state index in [1.54, 1.807) is 4.90 Å². The summed E-state index contributed by atoms with van der Waals surface area (Å²) in [5.41, 5.74) is 0. The maximum absolute atomic E-state index is 11.8. The zero-order chi connectivity index (χ0) is 12.4. The Morgan fingerprint density at radius 2 is 2.00 bits per heavy atom. The van der Waals surface area contributed by atoms with Crippen LogP contribution in [-0.4, -0.2) is 55.1 Å². The normalized spacial score (nSPS) is 29.2. The minimum absolute atomic E-state index is 0.154. The van der Waals surface area contributed by atoms with Crippen molar-refractivity contribution in [2.24, 2.45) is 5.92 Å². The van der Waals surface area contributed by atoms with Gasteiger partial charge in [0.2, 0.25) is 0 Å². The van der Waals surface area contributed by atoms with E-state index in [1.165, 1.54) is 12.8 Å². The van der Waals surface area contributed by atoms with E-state index < -0.39 is 0 Å². The number of urea groups is 1. The van der Waals surface area contributed by atoms with Crippen LogP contribution >= 0.6 is 0 Å². The van der Waals surface area contributed by atoms with Crippen LogP contribution < -0.4 is 5.32 Å². The van der Waals surface area contributed by atoms with Crippen molar-refractivity contribution in [2.45, 2.75) is 44.7 Å². The first-order valence-electron chi connectivity index (χ1n) is 6.84. The molecule has 0 spiro atoms. The number of carbonyl (C=O) groups excluding carboxylic acids is 1. The molecular formula is C13H25N3O. The molecule has 4 heteroatoms. The molecule has 1 aliphatic carbocycles. The van der Waals surface area contributed by atoms with Crippen molar-refractivity contribution in [3.05, 3.63) is 0 Å². The first-order valence-corrected chi connectivity index (χ1v) is 6.84. The van der Waals surface area contributed by atoms with Gasteiger partial charge in [0.15, 0.2) is 0 Å². The van der Waals surface area contributed by atoms with Gasteiger partial charge in [-0.15, -0.1) is 0 Å². The smallest absolute Gasteiger partial charge is 0.319 e. The van der Waals surface area contributed by atoms with Gasteiger partial charge < -0.3 is 15.1 Å². The highest BCUT2D eigenvalue weighted by Crippen LogP contribution is 2.34. The Morgan fingerprint density at radius 1 is 1.35 bits per heavy atom. The van der Waals surface area contributed by atoms with E-state index in [0.29, 0.717) is 6.04 Å². The molecule has 1 saturated heterocycles. The number of amides is 2. The highest BCUT2D eigenvalue weighted by Gasteiger charge is 2.37. The second-order valence-corrected chi connectivity index (χ2v) is 5.62. The van der Waals surface area contributed by atoms with Crippen molar-refractivity contribution in [2.75, 3.05) is 27.2 Å². The number of piperidine rings is 1. The molecule has 17 heavy (non-hydrogen) atoms. The Labute approximate surface area is 104 Å². The number of rotatable bonds is 3. The van der Waals surface area contributed by atoms with Gasteiger partial charge in [-0.05, 0) is 25.2 Å². The number of nitrogens with one attached hydrogen (secondary N) is 1. The van der Waals surface area contributed by atoms with Crippen LogP contribution in [0, 0.1) is 5.92 Å². The standard InChI is InChI=1S/C13H25N3O/c1-4-10-9-12(10)14-11-5-7-16(8-6-11)13(17)15(2)3/h10-12,14H,4-9H2,1-3H3. The Kier molecular flexibility index (Phi) is 3.92. The fourth-order valence-electron chi connectivity index (χ4n) is 2.73. The maximum atomic E-state index is 11.8. The summed E-state index contributed by atoms with van der Waals surface area (Å²) in [6.45, 7) is 4.07. The number of hydrogen-bond donors (Lipinski definition) is 1. The highest BCUT2D eigenvalue weighted by atomic mass is 16.2. The number of hydrogen-bond acceptors (Lipinski definition) is 2. The molecule has 98 valence electrons. The minimum Gasteiger partial charge on any atom is -0.331 e. The summed E-state index contributed by atoms with van der Waals surface area (Å²) < 4.78 is 0. The molecule has 2 rings (SSSR count). The molecule has 2 amide bonds. The fraction of sp³-hybridized carbons (Fsp3) is 0.923. The molecule has 2 fully saturated rings. The zero-order valence-electron chi connectivity index (χ0n) is 11.3. The highest BCUT2D eigenvalue weighted by molar-refractivity contribution is 5.73. The summed E-state index contributed by atoms with van der Waals surface area (Å²) >= 11 is 0. The molecule has 2 unspecified atom stereocenters. The summed E-state index contributed by atoms with van der Waals surface area (Å²) in [6, 6.07) is 1.55. The van der Waals surface area contributed by atoms with Crippen molar-refractivity contribution in [3.8, 4) is 0 Å². The molecule has 0 bridgehead atoms. The molecule has 0 radical (unpaired) electrons. The van der Waals surface area contributed by atoms with Crippen LogP contribution in [-0.2, 0) is 0 Å². The van der Waals surface area contributed by atoms with Gasteiger partial charge in [-0.1, -0.05) is 13.3 Å². The van der Waals surface area contributed by atoms with Crippen LogP contribution in [0.3, 0.4) is 0 Å². The van der Waals surface area contributed by atoms with Crippen LogP contribution in [0.5, 0.6) is 0 Å². The molecule has 1 saturated carbocycles. The van der Waals surface area contributed by atoms with Crippen LogP contribution in [0.15, 0.2) is 0 Å². The van der Waals surface area contributed by atoms with Gasteiger partial charge in [-0.2, -0.15) is 0 Å². The maximum Gasteiger partial charge on any atom is 0.319 e. The third kappa shape index (κ3) is 3.12. The summed E-state index contributed by atoms with van der Waals surface area (Å²) in [4.78, 5) is 15.4. The SMILES string of the molecule is CCC1CC1NC1CCN(C(=O)N(C)C)CC1. The Morgan fingerprint density at radius 3 is 2.47 bits per heavy atom. The number of likely N-dealkylation sites (tertiary alicyclic amines) is 1. The monoisotopic (exact) mass is 239 g/mol. The van der Waals surface area contributed by atoms with Crippen molar-refractivity contribution in [1.29, 1.82) is 0 Å². The lowest BCUT2D eigenvalue weighted by Crippen LogP contribution is -2.48. The third-order valence-corrected chi connectivity index (χ3v) is 4.04. The molecule has 4 nitrogen and oxygen atoms in total. The van der Waals surface area contributed by atoms with Gasteiger partial charge >= 0.3 is 6.03 Å². The molecule has 1 aliphatic heterocycles. The molecule has 1 N–H and O–H groups in total. The lowest BCUT2D eigenvalue weighted by Gasteiger charge is -2.34. The molecular weight excluding hydrogens is 214 g/mol. The first-order chi connectivity index (χ1) is 8.11. The summed E-state index contributed by atoms with van der Waals surface area (Å²) in [7, 11) is 3.64. The Hall–Kier alpha value is -0.770. The third-order valence-electron chi connectivity index (χ3n) is 4.04. The van der Waals surface area contributed by atoms with Crippen LogP contribution in [0.4, 0.5) is 4.79 Å². The van der Waals surface area contributed by atoms with Gasteiger partial charge in [-0.25, -0.2) is 4.79 Å². The Balaban J connectivity index is 1.69. The summed E-state index contributed by atoms with van der Waals surface area (Å²) in [5.74, 6) is 0.913. The second-order valence-electron chi connectivity index (χ2n) is 5.62. The fourth-order valence-corrected chi connectivity index (χ4v) is 2.73. The van der Waals surface area contributed by atoms with E-state index in [0.717, 1.165) is 37.9 Å². The van der Waals surface area contributed by atoms with E-state index in [-0.39, 0.29) is 6.03 Å². The molecule has 2 aliphatic rings.